The Kier molecular flexibility index (Phi) is 2.84. The van der Waals surface area contributed by atoms with Gasteiger partial charge in [0.25, 0.3) is 0 Å². The van der Waals surface area contributed by atoms with Gasteiger partial charge in [0, 0.05) is 5.39 Å². The molecule has 0 aliphatic carbocycles. The van der Waals surface area contributed by atoms with E-state index < -0.39 is 11.8 Å². The number of nitrogens with one attached hydrogen (secondary N) is 1. The maximum Gasteiger partial charge on any atom is 0.159 e. The Morgan fingerprint density at radius 2 is 2.12 bits per heavy atom. The molecule has 4 nitrogen and oxygen atoms in total. The van der Waals surface area contributed by atoms with Gasteiger partial charge >= 0.3 is 0 Å². The van der Waals surface area contributed by atoms with Crippen molar-refractivity contribution in [2.24, 2.45) is 0 Å². The van der Waals surface area contributed by atoms with Crippen molar-refractivity contribution >= 4 is 27.4 Å². The lowest BCUT2D eigenvalue weighted by Crippen LogP contribution is -2.44. The van der Waals surface area contributed by atoms with Crippen molar-refractivity contribution < 1.29 is 10.2 Å². The Balaban J connectivity index is 2.35. The van der Waals surface area contributed by atoms with Gasteiger partial charge < -0.3 is 15.5 Å². The Morgan fingerprint density at radius 3 is 2.81 bits per heavy atom. The average molecular weight is 238 g/mol. The first-order valence-electron chi connectivity index (χ1n) is 5.04. The van der Waals surface area contributed by atoms with Gasteiger partial charge in [-0.1, -0.05) is 12.1 Å². The highest BCUT2D eigenvalue weighted by Crippen LogP contribution is 2.28. The van der Waals surface area contributed by atoms with Crippen LogP contribution >= 0.6 is 11.5 Å². The summed E-state index contributed by atoms with van der Waals surface area (Å²) in [6.07, 6.45) is -0.882. The molecule has 3 N–H and O–H groups in total. The Bertz CT molecular complexity index is 493. The van der Waals surface area contributed by atoms with Crippen LogP contribution in [0.5, 0.6) is 0 Å². The highest BCUT2D eigenvalue weighted by atomic mass is 32.1. The van der Waals surface area contributed by atoms with E-state index in [9.17, 15) is 10.2 Å². The predicted octanol–water partition coefficient (Wildman–Crippen LogP) is 1.80. The van der Waals surface area contributed by atoms with Crippen LogP contribution in [0.2, 0.25) is 0 Å². The largest absolute Gasteiger partial charge is 0.388 e. The van der Waals surface area contributed by atoms with E-state index in [-0.39, 0.29) is 0 Å². The van der Waals surface area contributed by atoms with E-state index in [1.165, 1.54) is 25.4 Å². The van der Waals surface area contributed by atoms with E-state index >= 15 is 0 Å². The fraction of sp³-hybridized carbons (Fsp3) is 0.364. The van der Waals surface area contributed by atoms with Crippen LogP contribution in [0.1, 0.15) is 13.8 Å². The number of hydrogen-bond donors (Lipinski definition) is 3. The molecule has 0 aliphatic rings. The zero-order valence-electron chi connectivity index (χ0n) is 9.14. The molecule has 0 saturated heterocycles. The zero-order valence-corrected chi connectivity index (χ0v) is 9.95. The van der Waals surface area contributed by atoms with Crippen molar-refractivity contribution in [2.75, 3.05) is 5.32 Å². The number of fused-ring (bicyclic) bond motifs is 1. The van der Waals surface area contributed by atoms with Crippen LogP contribution in [-0.2, 0) is 0 Å². The summed E-state index contributed by atoms with van der Waals surface area (Å²) < 4.78 is 5.27. The van der Waals surface area contributed by atoms with Crippen LogP contribution in [0.4, 0.5) is 5.82 Å². The van der Waals surface area contributed by atoms with Gasteiger partial charge in [-0.15, -0.1) is 0 Å². The molecular weight excluding hydrogens is 224 g/mol. The van der Waals surface area contributed by atoms with Crippen LogP contribution in [-0.4, -0.2) is 26.4 Å². The molecule has 0 saturated carbocycles. The summed E-state index contributed by atoms with van der Waals surface area (Å²) in [4.78, 5) is 0. The monoisotopic (exact) mass is 238 g/mol. The molecule has 1 aromatic heterocycles. The maximum atomic E-state index is 9.93. The first kappa shape index (κ1) is 11.3. The summed E-state index contributed by atoms with van der Waals surface area (Å²) in [6.45, 7) is 3.05. The van der Waals surface area contributed by atoms with Crippen LogP contribution in [0.25, 0.3) is 10.1 Å². The number of hydrogen-bond acceptors (Lipinski definition) is 5. The van der Waals surface area contributed by atoms with Crippen LogP contribution < -0.4 is 5.32 Å². The van der Waals surface area contributed by atoms with Crippen molar-refractivity contribution in [1.82, 2.24) is 4.37 Å². The smallest absolute Gasteiger partial charge is 0.159 e. The van der Waals surface area contributed by atoms with Crippen LogP contribution in [0, 0.1) is 0 Å². The molecule has 2 aromatic rings. The molecular formula is C11H14N2O2S. The van der Waals surface area contributed by atoms with Crippen molar-refractivity contribution in [3.63, 3.8) is 0 Å². The molecule has 0 amide bonds. The summed E-state index contributed by atoms with van der Waals surface area (Å²) in [5.41, 5.74) is -1.38. The van der Waals surface area contributed by atoms with E-state index in [4.69, 9.17) is 0 Å². The zero-order chi connectivity index (χ0) is 11.8. The lowest BCUT2D eigenvalue weighted by molar-refractivity contribution is -0.0303. The van der Waals surface area contributed by atoms with Crippen molar-refractivity contribution in [3.05, 3.63) is 24.3 Å². The minimum absolute atomic E-state index is 0.603. The number of aromatic nitrogens is 1. The summed E-state index contributed by atoms with van der Waals surface area (Å²) in [6, 6.07) is 7.75. The van der Waals surface area contributed by atoms with Gasteiger partial charge in [-0.25, -0.2) is 0 Å². The van der Waals surface area contributed by atoms with Gasteiger partial charge in [0.15, 0.2) is 5.72 Å². The maximum absolute atomic E-state index is 9.93. The average Bonchev–Trinajstić information content (AvgIpc) is 2.61. The van der Waals surface area contributed by atoms with Gasteiger partial charge in [-0.3, -0.25) is 0 Å². The molecule has 1 heterocycles. The van der Waals surface area contributed by atoms with Gasteiger partial charge in [-0.05, 0) is 37.5 Å². The van der Waals surface area contributed by atoms with E-state index in [1.807, 2.05) is 24.3 Å². The second kappa shape index (κ2) is 4.01. The second-order valence-corrected chi connectivity index (χ2v) is 4.78. The molecule has 86 valence electrons. The highest BCUT2D eigenvalue weighted by Gasteiger charge is 2.27. The van der Waals surface area contributed by atoms with Crippen LogP contribution in [0.3, 0.4) is 0 Å². The summed E-state index contributed by atoms with van der Waals surface area (Å²) >= 11 is 1.36. The molecule has 2 rings (SSSR count). The SMILES string of the molecule is CC(O)C(C)(O)Nc1nsc2ccccc12. The van der Waals surface area contributed by atoms with E-state index in [1.54, 1.807) is 0 Å². The minimum atomic E-state index is -1.38. The number of rotatable bonds is 3. The van der Waals surface area contributed by atoms with Gasteiger partial charge in [-0.2, -0.15) is 4.37 Å². The fourth-order valence-electron chi connectivity index (χ4n) is 1.32. The Hall–Kier alpha value is -1.17. The van der Waals surface area contributed by atoms with Crippen molar-refractivity contribution in [1.29, 1.82) is 0 Å². The van der Waals surface area contributed by atoms with E-state index in [0.29, 0.717) is 5.82 Å². The fourth-order valence-corrected chi connectivity index (χ4v) is 2.06. The summed E-state index contributed by atoms with van der Waals surface area (Å²) in [7, 11) is 0. The number of aliphatic hydroxyl groups is 2. The highest BCUT2D eigenvalue weighted by molar-refractivity contribution is 7.13. The predicted molar refractivity (Wildman–Crippen MR) is 65.5 cm³/mol. The lowest BCUT2D eigenvalue weighted by atomic mass is 10.1. The van der Waals surface area contributed by atoms with Crippen molar-refractivity contribution in [3.8, 4) is 0 Å². The third kappa shape index (κ3) is 2.02. The topological polar surface area (TPSA) is 65.4 Å². The third-order valence-corrected chi connectivity index (χ3v) is 3.39. The molecule has 2 unspecified atom stereocenters. The van der Waals surface area contributed by atoms with Crippen molar-refractivity contribution in [2.45, 2.75) is 25.7 Å². The summed E-state index contributed by atoms with van der Waals surface area (Å²) in [5.74, 6) is 0.603. The molecule has 0 fully saturated rings. The molecule has 0 bridgehead atoms. The molecule has 0 aliphatic heterocycles. The Labute approximate surface area is 97.7 Å². The first-order chi connectivity index (χ1) is 7.50. The standard InChI is InChI=1S/C11H14N2O2S/c1-7(14)11(2,15)12-10-8-5-3-4-6-9(8)16-13-10/h3-7,14-15H,1-2H3,(H,12,13). The summed E-state index contributed by atoms with van der Waals surface area (Å²) in [5, 5.41) is 23.1. The number of aliphatic hydroxyl groups excluding tert-OH is 1. The second-order valence-electron chi connectivity index (χ2n) is 3.98. The van der Waals surface area contributed by atoms with Gasteiger partial charge in [0.2, 0.25) is 0 Å². The molecule has 5 heteroatoms. The van der Waals surface area contributed by atoms with Crippen LogP contribution in [0.15, 0.2) is 24.3 Å². The first-order valence-corrected chi connectivity index (χ1v) is 5.81. The van der Waals surface area contributed by atoms with E-state index in [0.717, 1.165) is 10.1 Å². The van der Waals surface area contributed by atoms with E-state index in [2.05, 4.69) is 9.69 Å². The molecule has 0 spiro atoms. The molecule has 16 heavy (non-hydrogen) atoms. The molecule has 1 aromatic carbocycles. The van der Waals surface area contributed by atoms with Gasteiger partial charge in [0.1, 0.15) is 5.82 Å². The third-order valence-electron chi connectivity index (χ3n) is 2.56. The molecule has 0 radical (unpaired) electrons. The number of benzene rings is 1. The normalized spacial score (nSPS) is 17.0. The van der Waals surface area contributed by atoms with Gasteiger partial charge in [0.05, 0.1) is 10.8 Å². The molecule has 2 atom stereocenters. The lowest BCUT2D eigenvalue weighted by Gasteiger charge is -2.27. The quantitative estimate of drug-likeness (QED) is 0.713. The number of anilines is 1. The number of nitrogens with zero attached hydrogens (tertiary/aromatic N) is 1. The Morgan fingerprint density at radius 1 is 1.44 bits per heavy atom. The minimum Gasteiger partial charge on any atom is -0.388 e.